The first-order valence-corrected chi connectivity index (χ1v) is 5.94. The number of nitrogens with one attached hydrogen (secondary N) is 2. The van der Waals surface area contributed by atoms with Crippen LogP contribution in [0.15, 0.2) is 28.7 Å². The van der Waals surface area contributed by atoms with E-state index in [-0.39, 0.29) is 6.04 Å². The summed E-state index contributed by atoms with van der Waals surface area (Å²) in [6.07, 6.45) is -4.40. The number of rotatable bonds is 3. The normalized spacial score (nSPS) is 12.9. The summed E-state index contributed by atoms with van der Waals surface area (Å²) >= 11 is 3.27. The molecule has 18 heavy (non-hydrogen) atoms. The molecule has 0 heterocycles. The van der Waals surface area contributed by atoms with Crippen LogP contribution in [0.1, 0.15) is 18.5 Å². The molecule has 0 aliphatic carbocycles. The highest BCUT2D eigenvalue weighted by Crippen LogP contribution is 2.16. The molecule has 2 amide bonds. The van der Waals surface area contributed by atoms with Crippen LogP contribution in [0.2, 0.25) is 0 Å². The van der Waals surface area contributed by atoms with E-state index in [0.29, 0.717) is 0 Å². The highest BCUT2D eigenvalue weighted by molar-refractivity contribution is 9.10. The van der Waals surface area contributed by atoms with E-state index >= 15 is 0 Å². The molecule has 7 heteroatoms. The van der Waals surface area contributed by atoms with Gasteiger partial charge in [-0.05, 0) is 24.6 Å². The molecule has 0 aromatic heterocycles. The molecule has 1 aromatic rings. The van der Waals surface area contributed by atoms with Crippen molar-refractivity contribution in [2.45, 2.75) is 19.1 Å². The Bertz CT molecular complexity index is 406. The maximum Gasteiger partial charge on any atom is 0.405 e. The van der Waals surface area contributed by atoms with Crippen LogP contribution in [0.4, 0.5) is 18.0 Å². The largest absolute Gasteiger partial charge is 0.405 e. The second kappa shape index (κ2) is 6.08. The van der Waals surface area contributed by atoms with E-state index in [1.807, 2.05) is 0 Å². The molecule has 0 bridgehead atoms. The van der Waals surface area contributed by atoms with Gasteiger partial charge in [0.15, 0.2) is 0 Å². The Kier molecular flexibility index (Phi) is 5.01. The van der Waals surface area contributed by atoms with Crippen LogP contribution in [0.25, 0.3) is 0 Å². The first-order chi connectivity index (χ1) is 8.28. The van der Waals surface area contributed by atoms with E-state index in [1.165, 1.54) is 0 Å². The average Bonchev–Trinajstić information content (AvgIpc) is 2.26. The van der Waals surface area contributed by atoms with Gasteiger partial charge in [0.2, 0.25) is 0 Å². The molecule has 1 atom stereocenters. The summed E-state index contributed by atoms with van der Waals surface area (Å²) in [4.78, 5) is 11.2. The molecule has 0 radical (unpaired) electrons. The van der Waals surface area contributed by atoms with Gasteiger partial charge in [-0.25, -0.2) is 4.79 Å². The second-order valence-electron chi connectivity index (χ2n) is 3.72. The van der Waals surface area contributed by atoms with Gasteiger partial charge in [-0.15, -0.1) is 0 Å². The molecule has 2 N–H and O–H groups in total. The Morgan fingerprint density at radius 1 is 1.33 bits per heavy atom. The third-order valence-corrected chi connectivity index (χ3v) is 2.70. The minimum absolute atomic E-state index is 0.369. The Morgan fingerprint density at radius 2 is 1.89 bits per heavy atom. The third kappa shape index (κ3) is 5.39. The molecule has 0 fully saturated rings. The summed E-state index contributed by atoms with van der Waals surface area (Å²) in [6, 6.07) is 5.92. The second-order valence-corrected chi connectivity index (χ2v) is 4.63. The lowest BCUT2D eigenvalue weighted by atomic mass is 10.1. The van der Waals surface area contributed by atoms with Gasteiger partial charge in [0.25, 0.3) is 0 Å². The van der Waals surface area contributed by atoms with Crippen molar-refractivity contribution < 1.29 is 18.0 Å². The van der Waals surface area contributed by atoms with Crippen molar-refractivity contribution in [3.8, 4) is 0 Å². The van der Waals surface area contributed by atoms with E-state index in [9.17, 15) is 18.0 Å². The third-order valence-electron chi connectivity index (χ3n) is 2.17. The molecule has 3 nitrogen and oxygen atoms in total. The van der Waals surface area contributed by atoms with Gasteiger partial charge in [0.1, 0.15) is 6.54 Å². The molecule has 1 rings (SSSR count). The van der Waals surface area contributed by atoms with Crippen LogP contribution < -0.4 is 10.6 Å². The number of halogens is 4. The van der Waals surface area contributed by atoms with Crippen LogP contribution >= 0.6 is 15.9 Å². The van der Waals surface area contributed by atoms with Crippen molar-refractivity contribution in [2.24, 2.45) is 0 Å². The SMILES string of the molecule is CC(NC(=O)NCC(F)(F)F)c1ccc(Br)cc1. The predicted molar refractivity (Wildman–Crippen MR) is 65.1 cm³/mol. The summed E-state index contributed by atoms with van der Waals surface area (Å²) in [7, 11) is 0. The van der Waals surface area contributed by atoms with Crippen LogP contribution in [-0.2, 0) is 0 Å². The summed E-state index contributed by atoms with van der Waals surface area (Å²) in [5, 5.41) is 4.17. The number of alkyl halides is 3. The van der Waals surface area contributed by atoms with Gasteiger partial charge in [0.05, 0.1) is 6.04 Å². The van der Waals surface area contributed by atoms with Crippen LogP contribution in [0, 0.1) is 0 Å². The maximum absolute atomic E-state index is 11.9. The van der Waals surface area contributed by atoms with Gasteiger partial charge in [-0.2, -0.15) is 13.2 Å². The summed E-state index contributed by atoms with van der Waals surface area (Å²) in [6.45, 7) is 0.350. The number of urea groups is 1. The number of carbonyl (C=O) groups is 1. The zero-order valence-electron chi connectivity index (χ0n) is 9.51. The first-order valence-electron chi connectivity index (χ1n) is 5.14. The molecular weight excluding hydrogens is 313 g/mol. The zero-order valence-corrected chi connectivity index (χ0v) is 11.1. The zero-order chi connectivity index (χ0) is 13.8. The van der Waals surface area contributed by atoms with Crippen LogP contribution in [0.3, 0.4) is 0 Å². The lowest BCUT2D eigenvalue weighted by Crippen LogP contribution is -2.41. The van der Waals surface area contributed by atoms with Crippen molar-refractivity contribution in [2.75, 3.05) is 6.54 Å². The van der Waals surface area contributed by atoms with Gasteiger partial charge in [0, 0.05) is 4.47 Å². The number of amides is 2. The number of carbonyl (C=O) groups excluding carboxylic acids is 1. The summed E-state index contributed by atoms with van der Waals surface area (Å²) in [5.74, 6) is 0. The Morgan fingerprint density at radius 3 is 2.39 bits per heavy atom. The van der Waals surface area contributed by atoms with Gasteiger partial charge in [-0.1, -0.05) is 28.1 Å². The minimum Gasteiger partial charge on any atom is -0.332 e. The minimum atomic E-state index is -4.40. The Balaban J connectivity index is 2.47. The molecule has 1 aromatic carbocycles. The molecule has 0 saturated carbocycles. The smallest absolute Gasteiger partial charge is 0.332 e. The maximum atomic E-state index is 11.9. The Hall–Kier alpha value is -1.24. The van der Waals surface area contributed by atoms with Gasteiger partial charge in [-0.3, -0.25) is 0 Å². The average molecular weight is 325 g/mol. The molecule has 0 saturated heterocycles. The van der Waals surface area contributed by atoms with Crippen molar-refractivity contribution in [1.82, 2.24) is 10.6 Å². The molecular formula is C11H12BrF3N2O. The standard InChI is InChI=1S/C11H12BrF3N2O/c1-7(8-2-4-9(12)5-3-8)17-10(18)16-6-11(13,14)15/h2-5,7H,6H2,1H3,(H2,16,17,18). The number of hydrogen-bond donors (Lipinski definition) is 2. The lowest BCUT2D eigenvalue weighted by molar-refractivity contribution is -0.122. The van der Waals surface area contributed by atoms with Crippen molar-refractivity contribution >= 4 is 22.0 Å². The quantitative estimate of drug-likeness (QED) is 0.879. The summed E-state index contributed by atoms with van der Waals surface area (Å²) < 4.78 is 36.5. The number of benzene rings is 1. The van der Waals surface area contributed by atoms with E-state index < -0.39 is 18.8 Å². The topological polar surface area (TPSA) is 41.1 Å². The fraction of sp³-hybridized carbons (Fsp3) is 0.364. The van der Waals surface area contributed by atoms with Crippen molar-refractivity contribution in [3.05, 3.63) is 34.3 Å². The highest BCUT2D eigenvalue weighted by Gasteiger charge is 2.27. The van der Waals surface area contributed by atoms with Crippen LogP contribution in [0.5, 0.6) is 0 Å². The fourth-order valence-corrected chi connectivity index (χ4v) is 1.53. The van der Waals surface area contributed by atoms with Gasteiger partial charge >= 0.3 is 12.2 Å². The molecule has 1 unspecified atom stereocenters. The molecule has 0 spiro atoms. The van der Waals surface area contributed by atoms with Gasteiger partial charge < -0.3 is 10.6 Å². The summed E-state index contributed by atoms with van der Waals surface area (Å²) in [5.41, 5.74) is 0.806. The number of hydrogen-bond acceptors (Lipinski definition) is 1. The van der Waals surface area contributed by atoms with E-state index in [4.69, 9.17) is 0 Å². The lowest BCUT2D eigenvalue weighted by Gasteiger charge is -2.15. The highest BCUT2D eigenvalue weighted by atomic mass is 79.9. The first kappa shape index (κ1) is 14.8. The predicted octanol–water partition coefficient (Wildman–Crippen LogP) is 3.37. The molecule has 0 aliphatic heterocycles. The van der Waals surface area contributed by atoms with E-state index in [2.05, 4.69) is 21.2 Å². The van der Waals surface area contributed by atoms with E-state index in [1.54, 1.807) is 36.5 Å². The molecule has 0 aliphatic rings. The van der Waals surface area contributed by atoms with E-state index in [0.717, 1.165) is 10.0 Å². The van der Waals surface area contributed by atoms with Crippen LogP contribution in [-0.4, -0.2) is 18.8 Å². The monoisotopic (exact) mass is 324 g/mol. The molecule has 100 valence electrons. The van der Waals surface area contributed by atoms with Crippen molar-refractivity contribution in [1.29, 1.82) is 0 Å². The Labute approximate surface area is 111 Å². The fourth-order valence-electron chi connectivity index (χ4n) is 1.26. The van der Waals surface area contributed by atoms with Crippen molar-refractivity contribution in [3.63, 3.8) is 0 Å².